The lowest BCUT2D eigenvalue weighted by Gasteiger charge is -2.46. The van der Waals surface area contributed by atoms with E-state index in [-0.39, 0.29) is 11.7 Å². The lowest BCUT2D eigenvalue weighted by Crippen LogP contribution is -2.53. The van der Waals surface area contributed by atoms with Gasteiger partial charge >= 0.3 is 0 Å². The quantitative estimate of drug-likeness (QED) is 0.721. The van der Waals surface area contributed by atoms with Gasteiger partial charge in [0.15, 0.2) is 0 Å². The highest BCUT2D eigenvalue weighted by Gasteiger charge is 2.44. The van der Waals surface area contributed by atoms with Crippen molar-refractivity contribution in [2.45, 2.75) is 24.9 Å². The van der Waals surface area contributed by atoms with Crippen molar-refractivity contribution in [2.75, 3.05) is 40.3 Å². The SMILES string of the molecule is CN(C)CC1CN(CCCc2ccc(F)cc2Cl)CCC1(O)c1ccccc1C#N. The first-order valence-electron chi connectivity index (χ1n) is 10.4. The Morgan fingerprint density at radius 3 is 2.77 bits per heavy atom. The van der Waals surface area contributed by atoms with E-state index in [0.29, 0.717) is 17.0 Å². The second-order valence-electron chi connectivity index (χ2n) is 8.43. The van der Waals surface area contributed by atoms with E-state index in [1.165, 1.54) is 12.1 Å². The van der Waals surface area contributed by atoms with Crippen molar-refractivity contribution in [1.82, 2.24) is 9.80 Å². The second kappa shape index (κ2) is 9.89. The number of aliphatic hydroxyl groups is 1. The van der Waals surface area contributed by atoms with Crippen LogP contribution in [-0.2, 0) is 12.0 Å². The molecule has 6 heteroatoms. The number of likely N-dealkylation sites (tertiary alicyclic amines) is 1. The summed E-state index contributed by atoms with van der Waals surface area (Å²) in [4.78, 5) is 4.46. The number of nitriles is 1. The Morgan fingerprint density at radius 1 is 1.30 bits per heavy atom. The lowest BCUT2D eigenvalue weighted by molar-refractivity contribution is -0.0847. The number of benzene rings is 2. The van der Waals surface area contributed by atoms with Crippen LogP contribution in [0.4, 0.5) is 4.39 Å². The Hall–Kier alpha value is -1.97. The van der Waals surface area contributed by atoms with Crippen molar-refractivity contribution in [3.8, 4) is 6.07 Å². The molecule has 1 aliphatic heterocycles. The zero-order valence-corrected chi connectivity index (χ0v) is 18.4. The summed E-state index contributed by atoms with van der Waals surface area (Å²) in [5.74, 6) is -0.326. The predicted molar refractivity (Wildman–Crippen MR) is 118 cm³/mol. The molecule has 0 amide bonds. The standard InChI is InChI=1S/C24H29ClFN3O/c1-28(2)16-20-17-29(12-5-7-18-9-10-21(26)14-23(18)25)13-11-24(20,30)22-8-4-3-6-19(22)15-27/h3-4,6,8-10,14,20,30H,5,7,11-13,16-17H2,1-2H3. The summed E-state index contributed by atoms with van der Waals surface area (Å²) in [7, 11) is 4.01. The van der Waals surface area contributed by atoms with Gasteiger partial charge in [0.1, 0.15) is 5.82 Å². The summed E-state index contributed by atoms with van der Waals surface area (Å²) >= 11 is 6.15. The predicted octanol–water partition coefficient (Wildman–Crippen LogP) is 4.05. The molecular weight excluding hydrogens is 401 g/mol. The minimum atomic E-state index is -1.02. The maximum atomic E-state index is 13.2. The Morgan fingerprint density at radius 2 is 2.07 bits per heavy atom. The van der Waals surface area contributed by atoms with Crippen LogP contribution in [0.2, 0.25) is 5.02 Å². The van der Waals surface area contributed by atoms with Crippen molar-refractivity contribution in [1.29, 1.82) is 5.26 Å². The summed E-state index contributed by atoms with van der Waals surface area (Å²) in [5.41, 5.74) is 1.22. The van der Waals surface area contributed by atoms with Crippen LogP contribution >= 0.6 is 11.6 Å². The van der Waals surface area contributed by atoms with Gasteiger partial charge in [-0.05, 0) is 63.7 Å². The smallest absolute Gasteiger partial charge is 0.124 e. The van der Waals surface area contributed by atoms with Crippen molar-refractivity contribution >= 4 is 11.6 Å². The van der Waals surface area contributed by atoms with Crippen LogP contribution in [0, 0.1) is 23.1 Å². The number of aryl methyl sites for hydroxylation is 1. The average Bonchev–Trinajstić information content (AvgIpc) is 2.71. The first-order valence-corrected chi connectivity index (χ1v) is 10.7. The van der Waals surface area contributed by atoms with Crippen LogP contribution in [0.25, 0.3) is 0 Å². The maximum absolute atomic E-state index is 13.2. The molecule has 160 valence electrons. The maximum Gasteiger partial charge on any atom is 0.124 e. The largest absolute Gasteiger partial charge is 0.385 e. The van der Waals surface area contributed by atoms with Crippen molar-refractivity contribution in [3.05, 3.63) is 70.0 Å². The number of hydrogen-bond donors (Lipinski definition) is 1. The average molecular weight is 430 g/mol. The Bertz CT molecular complexity index is 914. The van der Waals surface area contributed by atoms with Gasteiger partial charge in [-0.2, -0.15) is 5.26 Å². The molecule has 0 aromatic heterocycles. The third-order valence-corrected chi connectivity index (χ3v) is 6.35. The highest BCUT2D eigenvalue weighted by molar-refractivity contribution is 6.31. The van der Waals surface area contributed by atoms with Gasteiger partial charge in [-0.25, -0.2) is 4.39 Å². The first kappa shape index (κ1) is 22.7. The highest BCUT2D eigenvalue weighted by Crippen LogP contribution is 2.39. The molecule has 2 aromatic carbocycles. The van der Waals surface area contributed by atoms with Gasteiger partial charge < -0.3 is 14.9 Å². The monoisotopic (exact) mass is 429 g/mol. The number of rotatable bonds is 7. The number of halogens is 2. The number of hydrogen-bond acceptors (Lipinski definition) is 4. The zero-order valence-electron chi connectivity index (χ0n) is 17.6. The van der Waals surface area contributed by atoms with Gasteiger partial charge in [0, 0.05) is 36.1 Å². The Labute approximate surface area is 183 Å². The molecule has 0 bridgehead atoms. The van der Waals surface area contributed by atoms with E-state index in [0.717, 1.165) is 50.1 Å². The van der Waals surface area contributed by atoms with Crippen LogP contribution in [0.1, 0.15) is 29.5 Å². The van der Waals surface area contributed by atoms with Gasteiger partial charge in [0.05, 0.1) is 17.2 Å². The molecule has 0 aliphatic carbocycles. The molecule has 1 saturated heterocycles. The van der Waals surface area contributed by atoms with Gasteiger partial charge in [0.2, 0.25) is 0 Å². The second-order valence-corrected chi connectivity index (χ2v) is 8.84. The van der Waals surface area contributed by atoms with E-state index in [4.69, 9.17) is 11.6 Å². The fourth-order valence-corrected chi connectivity index (χ4v) is 4.73. The van der Waals surface area contributed by atoms with Crippen molar-refractivity contribution in [3.63, 3.8) is 0 Å². The summed E-state index contributed by atoms with van der Waals surface area (Å²) in [6, 6.07) is 14.2. The molecule has 1 N–H and O–H groups in total. The molecule has 0 radical (unpaired) electrons. The van der Waals surface area contributed by atoms with Gasteiger partial charge in [-0.15, -0.1) is 0 Å². The minimum absolute atomic E-state index is 0.00911. The molecular formula is C24H29ClFN3O. The molecule has 4 nitrogen and oxygen atoms in total. The molecule has 1 fully saturated rings. The number of piperidine rings is 1. The molecule has 30 heavy (non-hydrogen) atoms. The minimum Gasteiger partial charge on any atom is -0.385 e. The third-order valence-electron chi connectivity index (χ3n) is 6.00. The fraction of sp³-hybridized carbons (Fsp3) is 0.458. The van der Waals surface area contributed by atoms with E-state index in [1.54, 1.807) is 12.1 Å². The summed E-state index contributed by atoms with van der Waals surface area (Å²) in [6.07, 6.45) is 2.28. The Kier molecular flexibility index (Phi) is 7.49. The van der Waals surface area contributed by atoms with Crippen molar-refractivity contribution < 1.29 is 9.50 Å². The molecule has 1 heterocycles. The zero-order chi connectivity index (χ0) is 21.7. The van der Waals surface area contributed by atoms with Crippen molar-refractivity contribution in [2.24, 2.45) is 5.92 Å². The third kappa shape index (κ3) is 5.19. The summed E-state index contributed by atoms with van der Waals surface area (Å²) < 4.78 is 13.2. The van der Waals surface area contributed by atoms with Crippen LogP contribution in [0.5, 0.6) is 0 Å². The van der Waals surface area contributed by atoms with Crippen LogP contribution in [-0.4, -0.2) is 55.2 Å². The van der Waals surface area contributed by atoms with Gasteiger partial charge in [-0.3, -0.25) is 0 Å². The van der Waals surface area contributed by atoms with E-state index >= 15 is 0 Å². The van der Waals surface area contributed by atoms with Crippen LogP contribution in [0.15, 0.2) is 42.5 Å². The van der Waals surface area contributed by atoms with E-state index in [9.17, 15) is 14.8 Å². The molecule has 3 rings (SSSR count). The summed E-state index contributed by atoms with van der Waals surface area (Å²) in [5, 5.41) is 21.7. The number of nitrogens with zero attached hydrogens (tertiary/aromatic N) is 3. The van der Waals surface area contributed by atoms with E-state index < -0.39 is 5.60 Å². The molecule has 2 aromatic rings. The fourth-order valence-electron chi connectivity index (χ4n) is 4.47. The molecule has 1 aliphatic rings. The molecule has 0 saturated carbocycles. The first-order chi connectivity index (χ1) is 14.3. The molecule has 0 spiro atoms. The van der Waals surface area contributed by atoms with Gasteiger partial charge in [-0.1, -0.05) is 35.9 Å². The normalized spacial score (nSPS) is 22.2. The topological polar surface area (TPSA) is 50.5 Å². The van der Waals surface area contributed by atoms with Gasteiger partial charge in [0.25, 0.3) is 0 Å². The Balaban J connectivity index is 1.69. The molecule has 2 atom stereocenters. The molecule has 2 unspecified atom stereocenters. The van der Waals surface area contributed by atoms with E-state index in [1.807, 2.05) is 32.3 Å². The summed E-state index contributed by atoms with van der Waals surface area (Å²) in [6.45, 7) is 3.13. The van der Waals surface area contributed by atoms with E-state index in [2.05, 4.69) is 15.9 Å². The van der Waals surface area contributed by atoms with Crippen LogP contribution < -0.4 is 0 Å². The van der Waals surface area contributed by atoms with Crippen LogP contribution in [0.3, 0.4) is 0 Å². The highest BCUT2D eigenvalue weighted by atomic mass is 35.5. The lowest BCUT2D eigenvalue weighted by atomic mass is 9.74.